The van der Waals surface area contributed by atoms with Gasteiger partial charge < -0.3 is 5.32 Å². The summed E-state index contributed by atoms with van der Waals surface area (Å²) in [4.78, 5) is 0. The molecule has 0 radical (unpaired) electrons. The molecule has 1 saturated carbocycles. The molecule has 110 valence electrons. The Morgan fingerprint density at radius 2 is 1.52 bits per heavy atom. The van der Waals surface area contributed by atoms with Crippen molar-refractivity contribution in [3.05, 3.63) is 63.7 Å². The minimum absolute atomic E-state index is 0.433. The van der Waals surface area contributed by atoms with Crippen molar-refractivity contribution in [1.29, 1.82) is 0 Å². The number of rotatable bonds is 4. The fourth-order valence-corrected chi connectivity index (χ4v) is 3.89. The minimum atomic E-state index is 0.433. The Hall–Kier alpha value is -1.03. The minimum Gasteiger partial charge on any atom is -0.377 e. The number of halogens is 1. The predicted octanol–water partition coefficient (Wildman–Crippen LogP) is 6.02. The lowest BCUT2D eigenvalue weighted by molar-refractivity contribution is 0.321. The van der Waals surface area contributed by atoms with E-state index in [-0.39, 0.29) is 0 Å². The molecule has 2 aromatic carbocycles. The van der Waals surface area contributed by atoms with Crippen LogP contribution in [-0.2, 0) is 0 Å². The zero-order valence-corrected chi connectivity index (χ0v) is 14.4. The van der Waals surface area contributed by atoms with E-state index in [9.17, 15) is 0 Å². The van der Waals surface area contributed by atoms with Crippen molar-refractivity contribution < 1.29 is 0 Å². The fourth-order valence-electron chi connectivity index (χ4n) is 3.35. The summed E-state index contributed by atoms with van der Waals surface area (Å²) in [5.41, 5.74) is 2.68. The van der Waals surface area contributed by atoms with Crippen LogP contribution >= 0.6 is 22.6 Å². The van der Waals surface area contributed by atoms with Gasteiger partial charge >= 0.3 is 0 Å². The first-order valence-electron chi connectivity index (χ1n) is 7.90. The lowest BCUT2D eigenvalue weighted by atomic mass is 9.81. The highest BCUT2D eigenvalue weighted by Gasteiger charge is 2.25. The van der Waals surface area contributed by atoms with Crippen LogP contribution in [0.25, 0.3) is 0 Å². The maximum Gasteiger partial charge on any atom is 0.0542 e. The van der Waals surface area contributed by atoms with Gasteiger partial charge in [0.25, 0.3) is 0 Å². The second-order valence-electron chi connectivity index (χ2n) is 5.91. The Bertz CT molecular complexity index is 561. The van der Waals surface area contributed by atoms with Gasteiger partial charge in [0.2, 0.25) is 0 Å². The van der Waals surface area contributed by atoms with Crippen molar-refractivity contribution >= 4 is 28.3 Å². The van der Waals surface area contributed by atoms with Crippen LogP contribution < -0.4 is 5.32 Å². The molecule has 0 spiro atoms. The van der Waals surface area contributed by atoms with Crippen molar-refractivity contribution in [2.24, 2.45) is 5.92 Å². The van der Waals surface area contributed by atoms with Crippen LogP contribution in [0.3, 0.4) is 0 Å². The molecule has 2 heteroatoms. The van der Waals surface area contributed by atoms with Crippen LogP contribution in [0.5, 0.6) is 0 Å². The molecule has 1 fully saturated rings. The molecule has 0 heterocycles. The quantitative estimate of drug-likeness (QED) is 0.628. The van der Waals surface area contributed by atoms with Gasteiger partial charge in [-0.1, -0.05) is 61.7 Å². The summed E-state index contributed by atoms with van der Waals surface area (Å²) in [5, 5.41) is 3.83. The summed E-state index contributed by atoms with van der Waals surface area (Å²) in [6.45, 7) is 0. The van der Waals surface area contributed by atoms with E-state index in [0.717, 1.165) is 5.92 Å². The molecule has 21 heavy (non-hydrogen) atoms. The maximum absolute atomic E-state index is 3.83. The maximum atomic E-state index is 3.83. The summed E-state index contributed by atoms with van der Waals surface area (Å²) < 4.78 is 1.30. The average molecular weight is 391 g/mol. The summed E-state index contributed by atoms with van der Waals surface area (Å²) in [5.74, 6) is 0.747. The standard InChI is InChI=1S/C19H22IN/c20-17-13-7-8-14-18(17)21-19(15-9-3-1-4-10-15)16-11-5-2-6-12-16/h1,3-4,7-10,13-14,16,19,21H,2,5-6,11-12H2. The molecule has 0 saturated heterocycles. The van der Waals surface area contributed by atoms with Crippen molar-refractivity contribution in [3.63, 3.8) is 0 Å². The second kappa shape index (κ2) is 7.30. The molecule has 1 nitrogen and oxygen atoms in total. The van der Waals surface area contributed by atoms with Gasteiger partial charge in [-0.2, -0.15) is 0 Å². The van der Waals surface area contributed by atoms with E-state index in [2.05, 4.69) is 82.5 Å². The molecule has 1 aliphatic carbocycles. The van der Waals surface area contributed by atoms with Gasteiger partial charge in [0.1, 0.15) is 0 Å². The van der Waals surface area contributed by atoms with Gasteiger partial charge in [0.15, 0.2) is 0 Å². The number of anilines is 1. The Balaban J connectivity index is 1.87. The first kappa shape index (κ1) is 14.9. The molecule has 3 rings (SSSR count). The summed E-state index contributed by atoms with van der Waals surface area (Å²) in [6.07, 6.45) is 6.84. The molecule has 1 unspecified atom stereocenters. The molecule has 1 aliphatic rings. The summed E-state index contributed by atoms with van der Waals surface area (Å²) in [7, 11) is 0. The third kappa shape index (κ3) is 3.79. The number of hydrogen-bond donors (Lipinski definition) is 1. The summed E-state index contributed by atoms with van der Waals surface area (Å²) >= 11 is 2.42. The molecule has 2 aromatic rings. The number of hydrogen-bond acceptors (Lipinski definition) is 1. The Morgan fingerprint density at radius 3 is 2.24 bits per heavy atom. The topological polar surface area (TPSA) is 12.0 Å². The fraction of sp³-hybridized carbons (Fsp3) is 0.368. The van der Waals surface area contributed by atoms with Gasteiger partial charge in [0.05, 0.1) is 6.04 Å². The van der Waals surface area contributed by atoms with Crippen molar-refractivity contribution in [3.8, 4) is 0 Å². The van der Waals surface area contributed by atoms with Gasteiger partial charge in [-0.15, -0.1) is 0 Å². The van der Waals surface area contributed by atoms with Crippen molar-refractivity contribution in [1.82, 2.24) is 0 Å². The number of nitrogens with one attached hydrogen (secondary N) is 1. The second-order valence-corrected chi connectivity index (χ2v) is 7.07. The van der Waals surface area contributed by atoms with Gasteiger partial charge in [-0.25, -0.2) is 0 Å². The van der Waals surface area contributed by atoms with Crippen molar-refractivity contribution in [2.75, 3.05) is 5.32 Å². The highest BCUT2D eigenvalue weighted by Crippen LogP contribution is 2.37. The van der Waals surface area contributed by atoms with E-state index in [1.807, 2.05) is 0 Å². The first-order valence-corrected chi connectivity index (χ1v) is 8.98. The lowest BCUT2D eigenvalue weighted by Gasteiger charge is -2.32. The average Bonchev–Trinajstić information content (AvgIpc) is 2.56. The highest BCUT2D eigenvalue weighted by molar-refractivity contribution is 14.1. The Kier molecular flexibility index (Phi) is 5.17. The summed E-state index contributed by atoms with van der Waals surface area (Å²) in [6, 6.07) is 20.0. The molecule has 0 aromatic heterocycles. The number of benzene rings is 2. The van der Waals surface area contributed by atoms with E-state index in [1.54, 1.807) is 0 Å². The zero-order valence-electron chi connectivity index (χ0n) is 12.3. The van der Waals surface area contributed by atoms with Gasteiger partial charge in [-0.3, -0.25) is 0 Å². The molecular formula is C19H22IN. The monoisotopic (exact) mass is 391 g/mol. The number of para-hydroxylation sites is 1. The van der Waals surface area contributed by atoms with E-state index < -0.39 is 0 Å². The largest absolute Gasteiger partial charge is 0.377 e. The van der Waals surface area contributed by atoms with E-state index in [0.29, 0.717) is 6.04 Å². The van der Waals surface area contributed by atoms with Crippen LogP contribution in [0, 0.1) is 9.49 Å². The molecule has 0 amide bonds. The Morgan fingerprint density at radius 1 is 0.857 bits per heavy atom. The van der Waals surface area contributed by atoms with Crippen LogP contribution in [-0.4, -0.2) is 0 Å². The van der Waals surface area contributed by atoms with Crippen molar-refractivity contribution in [2.45, 2.75) is 38.1 Å². The molecule has 1 N–H and O–H groups in total. The SMILES string of the molecule is Ic1ccccc1NC(c1ccccc1)C1CCCCC1. The van der Waals surface area contributed by atoms with Crippen LogP contribution in [0.2, 0.25) is 0 Å². The smallest absolute Gasteiger partial charge is 0.0542 e. The van der Waals surface area contributed by atoms with Crippen LogP contribution in [0.4, 0.5) is 5.69 Å². The normalized spacial score (nSPS) is 17.4. The van der Waals surface area contributed by atoms with E-state index >= 15 is 0 Å². The van der Waals surface area contributed by atoms with Gasteiger partial charge in [0, 0.05) is 9.26 Å². The molecule has 0 bridgehead atoms. The first-order chi connectivity index (χ1) is 10.3. The third-order valence-corrected chi connectivity index (χ3v) is 5.41. The van der Waals surface area contributed by atoms with E-state index in [4.69, 9.17) is 0 Å². The zero-order chi connectivity index (χ0) is 14.5. The molecule has 0 aliphatic heterocycles. The van der Waals surface area contributed by atoms with E-state index in [1.165, 1.54) is 46.9 Å². The molecular weight excluding hydrogens is 369 g/mol. The molecule has 1 atom stereocenters. The predicted molar refractivity (Wildman–Crippen MR) is 98.5 cm³/mol. The Labute approximate surface area is 141 Å². The highest BCUT2D eigenvalue weighted by atomic mass is 127. The van der Waals surface area contributed by atoms with Crippen LogP contribution in [0.15, 0.2) is 54.6 Å². The van der Waals surface area contributed by atoms with Crippen LogP contribution in [0.1, 0.15) is 43.7 Å². The van der Waals surface area contributed by atoms with Gasteiger partial charge in [-0.05, 0) is 59.0 Å². The lowest BCUT2D eigenvalue weighted by Crippen LogP contribution is -2.23. The third-order valence-electron chi connectivity index (χ3n) is 4.46.